The third-order valence-electron chi connectivity index (χ3n) is 2.88. The molecule has 18 heavy (non-hydrogen) atoms. The van der Waals surface area contributed by atoms with Gasteiger partial charge in [0.25, 0.3) is 0 Å². The molecule has 0 saturated carbocycles. The van der Waals surface area contributed by atoms with Crippen LogP contribution in [0.1, 0.15) is 21.7 Å². The number of fused-ring (bicyclic) bond motifs is 3. The fraction of sp³-hybridized carbons (Fsp3) is 0.0833. The summed E-state index contributed by atoms with van der Waals surface area (Å²) in [6.45, 7) is 0.316. The summed E-state index contributed by atoms with van der Waals surface area (Å²) in [6, 6.07) is 7.51. The second-order valence-corrected chi connectivity index (χ2v) is 4.31. The van der Waals surface area contributed by atoms with Crippen molar-refractivity contribution in [2.75, 3.05) is 0 Å². The van der Waals surface area contributed by atoms with Gasteiger partial charge in [0.1, 0.15) is 17.0 Å². The second kappa shape index (κ2) is 3.92. The minimum atomic E-state index is -1.28. The van der Waals surface area contributed by atoms with Crippen molar-refractivity contribution >= 4 is 23.2 Å². The Morgan fingerprint density at radius 2 is 2.22 bits per heavy atom. The smallest absolute Gasteiger partial charge is 0.109 e. The molecule has 0 spiro atoms. The van der Waals surface area contributed by atoms with Gasteiger partial charge in [0.2, 0.25) is 0 Å². The van der Waals surface area contributed by atoms with Crippen LogP contribution in [0.3, 0.4) is 0 Å². The summed E-state index contributed by atoms with van der Waals surface area (Å²) in [7, 11) is 0. The van der Waals surface area contributed by atoms with Gasteiger partial charge in [0, 0.05) is 5.56 Å². The van der Waals surface area contributed by atoms with Crippen molar-refractivity contribution in [1.29, 1.82) is 0 Å². The number of nitrogens with one attached hydrogen (secondary N) is 1. The number of carboxylic acids is 1. The zero-order chi connectivity index (χ0) is 12.7. The first-order valence-electron chi connectivity index (χ1n) is 5.33. The van der Waals surface area contributed by atoms with Crippen LogP contribution in [0.2, 0.25) is 0 Å². The van der Waals surface area contributed by atoms with Crippen molar-refractivity contribution in [3.63, 3.8) is 0 Å². The van der Waals surface area contributed by atoms with Gasteiger partial charge in [0.15, 0.2) is 0 Å². The lowest BCUT2D eigenvalue weighted by Crippen LogP contribution is -2.26. The van der Waals surface area contributed by atoms with Crippen LogP contribution in [0.15, 0.2) is 30.6 Å². The lowest BCUT2D eigenvalue weighted by Gasteiger charge is -2.08. The number of rotatable bonds is 1. The average Bonchev–Trinajstić information content (AvgIpc) is 2.74. The molecule has 0 fully saturated rings. The van der Waals surface area contributed by atoms with E-state index in [0.29, 0.717) is 17.2 Å². The highest BCUT2D eigenvalue weighted by molar-refractivity contribution is 7.80. The Bertz CT molecular complexity index is 663. The van der Waals surface area contributed by atoms with E-state index in [4.69, 9.17) is 12.2 Å². The predicted molar refractivity (Wildman–Crippen MR) is 66.4 cm³/mol. The number of thiocarbonyl (C=S) groups is 1. The fourth-order valence-corrected chi connectivity index (χ4v) is 2.30. The summed E-state index contributed by atoms with van der Waals surface area (Å²) in [5.74, 6) is -1.28. The van der Waals surface area contributed by atoms with Crippen LogP contribution >= 0.6 is 12.2 Å². The first-order chi connectivity index (χ1) is 8.68. The van der Waals surface area contributed by atoms with E-state index in [0.717, 1.165) is 11.3 Å². The van der Waals surface area contributed by atoms with Crippen molar-refractivity contribution in [2.45, 2.75) is 6.54 Å². The lowest BCUT2D eigenvalue weighted by atomic mass is 10.2. The van der Waals surface area contributed by atoms with Crippen LogP contribution < -0.4 is 10.4 Å². The highest BCUT2D eigenvalue weighted by Gasteiger charge is 2.20. The topological polar surface area (TPSA) is 70.0 Å². The minimum absolute atomic E-state index is 0.0537. The van der Waals surface area contributed by atoms with Crippen molar-refractivity contribution in [1.82, 2.24) is 14.9 Å². The van der Waals surface area contributed by atoms with Gasteiger partial charge in [-0.3, -0.25) is 0 Å². The summed E-state index contributed by atoms with van der Waals surface area (Å²) in [4.78, 5) is 15.5. The average molecular weight is 258 g/mol. The van der Waals surface area contributed by atoms with Gasteiger partial charge in [-0.15, -0.1) is 0 Å². The molecule has 2 heterocycles. The lowest BCUT2D eigenvalue weighted by molar-refractivity contribution is -0.255. The highest BCUT2D eigenvalue weighted by atomic mass is 32.1. The van der Waals surface area contributed by atoms with E-state index in [1.807, 2.05) is 24.3 Å². The van der Waals surface area contributed by atoms with Crippen LogP contribution in [0.25, 0.3) is 5.69 Å². The molecular weight excluding hydrogens is 250 g/mol. The Morgan fingerprint density at radius 3 is 3.00 bits per heavy atom. The van der Waals surface area contributed by atoms with Crippen molar-refractivity contribution in [2.24, 2.45) is 0 Å². The maximum atomic E-state index is 11.0. The van der Waals surface area contributed by atoms with E-state index in [1.54, 1.807) is 4.57 Å². The molecule has 6 heteroatoms. The molecule has 1 aromatic heterocycles. The summed E-state index contributed by atoms with van der Waals surface area (Å²) in [5, 5.41) is 14.0. The Morgan fingerprint density at radius 1 is 1.44 bits per heavy atom. The molecule has 0 aliphatic carbocycles. The minimum Gasteiger partial charge on any atom is -0.543 e. The first-order valence-corrected chi connectivity index (χ1v) is 5.74. The van der Waals surface area contributed by atoms with Gasteiger partial charge in [0.05, 0.1) is 23.9 Å². The molecule has 3 rings (SSSR count). The molecule has 5 nitrogen and oxygen atoms in total. The molecule has 0 amide bonds. The van der Waals surface area contributed by atoms with Gasteiger partial charge in [-0.05, 0) is 12.1 Å². The number of aromatic carboxylic acids is 1. The van der Waals surface area contributed by atoms with Crippen LogP contribution in [0.5, 0.6) is 0 Å². The number of aromatic nitrogens is 2. The van der Waals surface area contributed by atoms with Crippen LogP contribution in [-0.4, -0.2) is 20.5 Å². The monoisotopic (exact) mass is 258 g/mol. The van der Waals surface area contributed by atoms with E-state index in [2.05, 4.69) is 10.3 Å². The molecule has 90 valence electrons. The maximum Gasteiger partial charge on any atom is 0.109 e. The molecule has 0 atom stereocenters. The van der Waals surface area contributed by atoms with E-state index >= 15 is 0 Å². The number of nitrogens with zero attached hydrogens (tertiary/aromatic N) is 2. The number of imidazole rings is 1. The van der Waals surface area contributed by atoms with Gasteiger partial charge in [-0.2, -0.15) is 0 Å². The van der Waals surface area contributed by atoms with Crippen LogP contribution in [0.4, 0.5) is 0 Å². The quantitative estimate of drug-likeness (QED) is 0.730. The number of carboxylic acid groups (broad SMARTS) is 1. The zero-order valence-corrected chi connectivity index (χ0v) is 10.0. The Kier molecular flexibility index (Phi) is 2.38. The first kappa shape index (κ1) is 10.9. The number of carbonyl (C=O) groups is 1. The molecular formula is C12H8N3O2S-. The molecule has 0 radical (unpaired) electrons. The Hall–Kier alpha value is -2.21. The largest absolute Gasteiger partial charge is 0.543 e. The number of hydrogen-bond donors (Lipinski definition) is 1. The summed E-state index contributed by atoms with van der Waals surface area (Å²) in [6.07, 6.45) is 1.48. The summed E-state index contributed by atoms with van der Waals surface area (Å²) < 4.78 is 1.73. The van der Waals surface area contributed by atoms with Crippen molar-refractivity contribution in [3.8, 4) is 5.69 Å². The molecule has 1 aromatic carbocycles. The van der Waals surface area contributed by atoms with Gasteiger partial charge in [-0.1, -0.05) is 24.4 Å². The third kappa shape index (κ3) is 1.50. The van der Waals surface area contributed by atoms with E-state index in [9.17, 15) is 9.90 Å². The second-order valence-electron chi connectivity index (χ2n) is 3.90. The number of hydrogen-bond acceptors (Lipinski definition) is 4. The van der Waals surface area contributed by atoms with Crippen molar-refractivity contribution < 1.29 is 9.90 Å². The van der Waals surface area contributed by atoms with E-state index in [1.165, 1.54) is 6.33 Å². The summed E-state index contributed by atoms with van der Waals surface area (Å²) >= 11 is 5.26. The number of benzene rings is 1. The predicted octanol–water partition coefficient (Wildman–Crippen LogP) is 0.0145. The van der Waals surface area contributed by atoms with Crippen LogP contribution in [-0.2, 0) is 6.54 Å². The fourth-order valence-electron chi connectivity index (χ4n) is 2.06. The molecule has 2 aromatic rings. The van der Waals surface area contributed by atoms with Gasteiger partial charge < -0.3 is 19.8 Å². The molecule has 1 aliphatic heterocycles. The molecule has 0 bridgehead atoms. The van der Waals surface area contributed by atoms with E-state index < -0.39 is 5.97 Å². The maximum absolute atomic E-state index is 11.0. The molecule has 0 saturated heterocycles. The normalized spacial score (nSPS) is 13.2. The molecule has 0 unspecified atom stereocenters. The van der Waals surface area contributed by atoms with E-state index in [-0.39, 0.29) is 5.69 Å². The van der Waals surface area contributed by atoms with Crippen LogP contribution in [0, 0.1) is 0 Å². The Labute approximate surface area is 108 Å². The SMILES string of the molecule is O=C([O-])c1ncn2c1CNC(=S)c1ccccc1-2. The zero-order valence-electron chi connectivity index (χ0n) is 9.21. The summed E-state index contributed by atoms with van der Waals surface area (Å²) in [5.41, 5.74) is 2.17. The van der Waals surface area contributed by atoms with Crippen molar-refractivity contribution in [3.05, 3.63) is 47.5 Å². The van der Waals surface area contributed by atoms with Gasteiger partial charge in [-0.25, -0.2) is 4.98 Å². The highest BCUT2D eigenvalue weighted by Crippen LogP contribution is 2.22. The van der Waals surface area contributed by atoms with Gasteiger partial charge >= 0.3 is 0 Å². The standard InChI is InChI=1S/C12H9N3O2S/c16-12(17)10-9-5-13-11(18)7-3-1-2-4-8(7)15(9)6-14-10/h1-4,6H,5H2,(H,13,18)(H,16,17)/p-1. The number of para-hydroxylation sites is 1. The molecule has 1 aliphatic rings. The number of carbonyl (C=O) groups excluding carboxylic acids is 1. The Balaban J connectivity index is 2.28. The molecule has 1 N–H and O–H groups in total. The third-order valence-corrected chi connectivity index (χ3v) is 3.25.